The second kappa shape index (κ2) is 4.07. The van der Waals surface area contributed by atoms with Crippen LogP contribution in [0.25, 0.3) is 0 Å². The molecule has 1 aliphatic carbocycles. The van der Waals surface area contributed by atoms with Gasteiger partial charge in [-0.3, -0.25) is 0 Å². The van der Waals surface area contributed by atoms with E-state index in [1.807, 2.05) is 6.92 Å². The molecule has 0 spiro atoms. The third-order valence-electron chi connectivity index (χ3n) is 2.88. The van der Waals surface area contributed by atoms with Crippen LogP contribution in [-0.2, 0) is 10.0 Å². The second-order valence-electron chi connectivity index (χ2n) is 4.29. The van der Waals surface area contributed by atoms with E-state index in [1.165, 1.54) is 6.07 Å². The Balaban J connectivity index is 2.21. The lowest BCUT2D eigenvalue weighted by Crippen LogP contribution is -2.34. The summed E-state index contributed by atoms with van der Waals surface area (Å²) in [4.78, 5) is 0.169. The summed E-state index contributed by atoms with van der Waals surface area (Å²) in [5.41, 5.74) is 5.94. The lowest BCUT2D eigenvalue weighted by molar-refractivity contribution is 0.538. The third kappa shape index (κ3) is 2.36. The van der Waals surface area contributed by atoms with Gasteiger partial charge < -0.3 is 5.73 Å². The number of benzene rings is 1. The maximum Gasteiger partial charge on any atom is 0.242 e. The van der Waals surface area contributed by atoms with Crippen LogP contribution in [0, 0.1) is 5.92 Å². The summed E-state index contributed by atoms with van der Waals surface area (Å²) in [7, 11) is -3.47. The Bertz CT molecular complexity index is 481. The molecule has 0 aromatic heterocycles. The highest BCUT2D eigenvalue weighted by molar-refractivity contribution is 7.89. The summed E-state index contributed by atoms with van der Waals surface area (Å²) in [5.74, 6) is 0.486. The van der Waals surface area contributed by atoms with Crippen molar-refractivity contribution in [1.29, 1.82) is 0 Å². The summed E-state index contributed by atoms with van der Waals surface area (Å²) in [5, 5.41) is 0. The molecule has 0 aliphatic heterocycles. The highest BCUT2D eigenvalue weighted by atomic mass is 32.2. The van der Waals surface area contributed by atoms with Crippen LogP contribution in [0.2, 0.25) is 0 Å². The van der Waals surface area contributed by atoms with Crippen LogP contribution in [-0.4, -0.2) is 14.5 Å². The molecular formula is C11H16N2O2S. The van der Waals surface area contributed by atoms with Crippen LogP contribution in [0.15, 0.2) is 29.2 Å². The maximum absolute atomic E-state index is 12.0. The molecule has 16 heavy (non-hydrogen) atoms. The molecule has 88 valence electrons. The van der Waals surface area contributed by atoms with Crippen molar-refractivity contribution in [1.82, 2.24) is 4.72 Å². The first kappa shape index (κ1) is 11.4. The fourth-order valence-corrected chi connectivity index (χ4v) is 3.17. The summed E-state index contributed by atoms with van der Waals surface area (Å²) < 4.78 is 26.7. The van der Waals surface area contributed by atoms with E-state index in [0.29, 0.717) is 5.92 Å². The first-order chi connectivity index (χ1) is 7.50. The molecule has 0 saturated heterocycles. The molecule has 1 aromatic rings. The van der Waals surface area contributed by atoms with Crippen molar-refractivity contribution in [3.63, 3.8) is 0 Å². The molecule has 1 atom stereocenters. The smallest absolute Gasteiger partial charge is 0.242 e. The first-order valence-corrected chi connectivity index (χ1v) is 6.86. The molecule has 1 aromatic carbocycles. The highest BCUT2D eigenvalue weighted by Crippen LogP contribution is 2.33. The molecule has 1 unspecified atom stereocenters. The summed E-state index contributed by atoms with van der Waals surface area (Å²) >= 11 is 0. The van der Waals surface area contributed by atoms with E-state index in [-0.39, 0.29) is 16.6 Å². The maximum atomic E-state index is 12.0. The number of hydrogen-bond donors (Lipinski definition) is 2. The fourth-order valence-electron chi connectivity index (χ4n) is 1.73. The minimum absolute atomic E-state index is 0.00962. The lowest BCUT2D eigenvalue weighted by atomic mass is 10.2. The van der Waals surface area contributed by atoms with Crippen LogP contribution < -0.4 is 10.5 Å². The van der Waals surface area contributed by atoms with Gasteiger partial charge in [0.25, 0.3) is 0 Å². The molecular weight excluding hydrogens is 224 g/mol. The highest BCUT2D eigenvalue weighted by Gasteiger charge is 2.31. The Kier molecular flexibility index (Phi) is 2.90. The number of nitrogens with one attached hydrogen (secondary N) is 1. The molecule has 1 aliphatic rings. The third-order valence-corrected chi connectivity index (χ3v) is 4.51. The summed E-state index contributed by atoms with van der Waals surface area (Å²) in [6, 6.07) is 6.50. The largest absolute Gasteiger partial charge is 0.398 e. The molecule has 0 radical (unpaired) electrons. The second-order valence-corrected chi connectivity index (χ2v) is 5.97. The van der Waals surface area contributed by atoms with Crippen LogP contribution in [0.1, 0.15) is 19.8 Å². The zero-order chi connectivity index (χ0) is 11.8. The number of nitrogens with two attached hydrogens (primary N) is 1. The number of rotatable bonds is 4. The van der Waals surface area contributed by atoms with E-state index >= 15 is 0 Å². The Labute approximate surface area is 95.9 Å². The van der Waals surface area contributed by atoms with Gasteiger partial charge in [-0.05, 0) is 37.8 Å². The van der Waals surface area contributed by atoms with Gasteiger partial charge in [0, 0.05) is 6.04 Å². The van der Waals surface area contributed by atoms with Gasteiger partial charge in [-0.15, -0.1) is 0 Å². The number of sulfonamides is 1. The zero-order valence-corrected chi connectivity index (χ0v) is 10.00. The molecule has 5 heteroatoms. The minimum Gasteiger partial charge on any atom is -0.398 e. The topological polar surface area (TPSA) is 72.2 Å². The Morgan fingerprint density at radius 3 is 2.56 bits per heavy atom. The van der Waals surface area contributed by atoms with Crippen molar-refractivity contribution < 1.29 is 8.42 Å². The van der Waals surface area contributed by atoms with Gasteiger partial charge in [0.1, 0.15) is 4.90 Å². The van der Waals surface area contributed by atoms with Crippen LogP contribution in [0.5, 0.6) is 0 Å². The van der Waals surface area contributed by atoms with Crippen molar-refractivity contribution in [3.05, 3.63) is 24.3 Å². The summed E-state index contributed by atoms with van der Waals surface area (Å²) in [6.45, 7) is 1.90. The fraction of sp³-hybridized carbons (Fsp3) is 0.455. The predicted molar refractivity (Wildman–Crippen MR) is 63.4 cm³/mol. The van der Waals surface area contributed by atoms with E-state index < -0.39 is 10.0 Å². The molecule has 0 heterocycles. The van der Waals surface area contributed by atoms with Gasteiger partial charge in [0.15, 0.2) is 0 Å². The normalized spacial score (nSPS) is 18.3. The predicted octanol–water partition coefficient (Wildman–Crippen LogP) is 1.35. The van der Waals surface area contributed by atoms with Crippen molar-refractivity contribution >= 4 is 15.7 Å². The van der Waals surface area contributed by atoms with E-state index in [4.69, 9.17) is 5.73 Å². The van der Waals surface area contributed by atoms with Gasteiger partial charge in [0.05, 0.1) is 5.69 Å². The van der Waals surface area contributed by atoms with E-state index in [0.717, 1.165) is 12.8 Å². The quantitative estimate of drug-likeness (QED) is 0.780. The monoisotopic (exact) mass is 240 g/mol. The average Bonchev–Trinajstić information content (AvgIpc) is 3.00. The standard InChI is InChI=1S/C11H16N2O2S/c1-8(9-6-7-9)13-16(14,15)11-5-3-2-4-10(11)12/h2-5,8-9,13H,6-7,12H2,1H3. The van der Waals surface area contributed by atoms with Crippen molar-refractivity contribution in [3.8, 4) is 0 Å². The molecule has 3 N–H and O–H groups in total. The molecule has 4 nitrogen and oxygen atoms in total. The Morgan fingerprint density at radius 1 is 1.38 bits per heavy atom. The summed E-state index contributed by atoms with van der Waals surface area (Å²) in [6.07, 6.45) is 2.21. The van der Waals surface area contributed by atoms with E-state index in [9.17, 15) is 8.42 Å². The van der Waals surface area contributed by atoms with Gasteiger partial charge in [0.2, 0.25) is 10.0 Å². The van der Waals surface area contributed by atoms with Gasteiger partial charge in [-0.25, -0.2) is 13.1 Å². The van der Waals surface area contributed by atoms with Gasteiger partial charge in [-0.1, -0.05) is 12.1 Å². The van der Waals surface area contributed by atoms with Crippen LogP contribution >= 0.6 is 0 Å². The van der Waals surface area contributed by atoms with E-state index in [1.54, 1.807) is 18.2 Å². The van der Waals surface area contributed by atoms with Crippen molar-refractivity contribution in [2.24, 2.45) is 5.92 Å². The molecule has 0 bridgehead atoms. The SMILES string of the molecule is CC(NS(=O)(=O)c1ccccc1N)C1CC1. The van der Waals surface area contributed by atoms with Crippen LogP contribution in [0.3, 0.4) is 0 Å². The number of nitrogen functional groups attached to an aromatic ring is 1. The zero-order valence-electron chi connectivity index (χ0n) is 9.18. The number of anilines is 1. The Hall–Kier alpha value is -1.07. The molecule has 1 saturated carbocycles. The molecule has 0 amide bonds. The lowest BCUT2D eigenvalue weighted by Gasteiger charge is -2.14. The average molecular weight is 240 g/mol. The van der Waals surface area contributed by atoms with Crippen LogP contribution in [0.4, 0.5) is 5.69 Å². The van der Waals surface area contributed by atoms with Crippen molar-refractivity contribution in [2.75, 3.05) is 5.73 Å². The van der Waals surface area contributed by atoms with Crippen molar-refractivity contribution in [2.45, 2.75) is 30.7 Å². The first-order valence-electron chi connectivity index (χ1n) is 5.37. The van der Waals surface area contributed by atoms with Gasteiger partial charge in [-0.2, -0.15) is 0 Å². The molecule has 2 rings (SSSR count). The Morgan fingerprint density at radius 2 is 2.00 bits per heavy atom. The number of para-hydroxylation sites is 1. The van der Waals surface area contributed by atoms with Gasteiger partial charge >= 0.3 is 0 Å². The molecule has 1 fully saturated rings. The minimum atomic E-state index is -3.47. The van der Waals surface area contributed by atoms with E-state index in [2.05, 4.69) is 4.72 Å². The number of hydrogen-bond acceptors (Lipinski definition) is 3.